The van der Waals surface area contributed by atoms with Crippen molar-refractivity contribution in [3.63, 3.8) is 0 Å². The summed E-state index contributed by atoms with van der Waals surface area (Å²) >= 11 is 0. The highest BCUT2D eigenvalue weighted by molar-refractivity contribution is 6.19. The molecule has 1 unspecified atom stereocenters. The molecule has 1 heterocycles. The first-order chi connectivity index (χ1) is 13.5. The molecule has 1 aliphatic rings. The van der Waals surface area contributed by atoms with Gasteiger partial charge in [0.15, 0.2) is 0 Å². The third-order valence-corrected chi connectivity index (χ3v) is 4.82. The van der Waals surface area contributed by atoms with E-state index in [9.17, 15) is 9.59 Å². The van der Waals surface area contributed by atoms with Crippen LogP contribution in [0.4, 0.5) is 11.4 Å². The third kappa shape index (κ3) is 3.11. The minimum absolute atomic E-state index is 0.471. The average molecular weight is 372 g/mol. The number of hydrogen-bond acceptors (Lipinski definition) is 3. The van der Waals surface area contributed by atoms with Gasteiger partial charge in [-0.15, -0.1) is 0 Å². The Balaban J connectivity index is 1.64. The normalized spacial score (nSPS) is 17.9. The maximum absolute atomic E-state index is 13.1. The highest BCUT2D eigenvalue weighted by Gasteiger charge is 2.47. The van der Waals surface area contributed by atoms with E-state index in [1.807, 2.05) is 73.7 Å². The largest absolute Gasteiger partial charge is 0.466 e. The lowest BCUT2D eigenvalue weighted by Gasteiger charge is -2.33. The lowest BCUT2D eigenvalue weighted by Crippen LogP contribution is -2.56. The number of benzene rings is 3. The average Bonchev–Trinajstić information content (AvgIpc) is 2.70. The molecule has 0 radical (unpaired) electrons. The Bertz CT molecular complexity index is 1060. The zero-order valence-corrected chi connectivity index (χ0v) is 15.7. The molecule has 1 atom stereocenters. The number of ether oxygens (including phenoxy) is 1. The number of anilines is 2. The number of hydrogen-bond donors (Lipinski definition) is 2. The molecule has 0 bridgehead atoms. The quantitative estimate of drug-likeness (QED) is 0.670. The summed E-state index contributed by atoms with van der Waals surface area (Å²) in [4.78, 5) is 25.7. The Hall–Kier alpha value is -3.60. The van der Waals surface area contributed by atoms with Crippen molar-refractivity contribution in [2.45, 2.75) is 19.4 Å². The Labute approximate surface area is 163 Å². The Morgan fingerprint density at radius 1 is 1.00 bits per heavy atom. The van der Waals surface area contributed by atoms with Crippen LogP contribution in [0.1, 0.15) is 12.5 Å². The van der Waals surface area contributed by atoms with Crippen LogP contribution in [0.3, 0.4) is 0 Å². The van der Waals surface area contributed by atoms with Crippen molar-refractivity contribution >= 4 is 23.2 Å². The smallest absolute Gasteiger partial charge is 0.278 e. The SMILES string of the molecule is Cc1ccc2c(c1)NC(=O)C(C)(C(=O)Nc1ccccc1-c1ccccc1)O2. The van der Waals surface area contributed by atoms with Crippen molar-refractivity contribution in [3.05, 3.63) is 78.4 Å². The van der Waals surface area contributed by atoms with E-state index in [0.717, 1.165) is 16.7 Å². The Kier molecular flexibility index (Phi) is 4.35. The molecule has 3 aromatic carbocycles. The molecule has 5 heteroatoms. The molecular weight excluding hydrogens is 352 g/mol. The van der Waals surface area contributed by atoms with E-state index in [0.29, 0.717) is 17.1 Å². The molecule has 2 N–H and O–H groups in total. The summed E-state index contributed by atoms with van der Waals surface area (Å²) in [5.74, 6) is -0.556. The van der Waals surface area contributed by atoms with Gasteiger partial charge in [0.1, 0.15) is 5.75 Å². The van der Waals surface area contributed by atoms with E-state index in [1.54, 1.807) is 6.07 Å². The summed E-state index contributed by atoms with van der Waals surface area (Å²) in [5.41, 5.74) is 2.34. The summed E-state index contributed by atoms with van der Waals surface area (Å²) < 4.78 is 5.84. The molecule has 4 rings (SSSR count). The Morgan fingerprint density at radius 3 is 2.50 bits per heavy atom. The molecule has 5 nitrogen and oxygen atoms in total. The second-order valence-corrected chi connectivity index (χ2v) is 6.95. The van der Waals surface area contributed by atoms with Crippen LogP contribution < -0.4 is 15.4 Å². The minimum atomic E-state index is -1.67. The summed E-state index contributed by atoms with van der Waals surface area (Å²) in [7, 11) is 0. The third-order valence-electron chi connectivity index (χ3n) is 4.82. The van der Waals surface area contributed by atoms with Crippen molar-refractivity contribution < 1.29 is 14.3 Å². The van der Waals surface area contributed by atoms with Crippen molar-refractivity contribution in [2.75, 3.05) is 10.6 Å². The fraction of sp³-hybridized carbons (Fsp3) is 0.130. The number of rotatable bonds is 3. The summed E-state index contributed by atoms with van der Waals surface area (Å²) in [6.45, 7) is 3.40. The van der Waals surface area contributed by atoms with Crippen LogP contribution >= 0.6 is 0 Å². The lowest BCUT2D eigenvalue weighted by molar-refractivity contribution is -0.143. The molecule has 3 aromatic rings. The van der Waals surface area contributed by atoms with Gasteiger partial charge in [0, 0.05) is 11.3 Å². The van der Waals surface area contributed by atoms with Gasteiger partial charge >= 0.3 is 0 Å². The van der Waals surface area contributed by atoms with Crippen molar-refractivity contribution in [1.29, 1.82) is 0 Å². The van der Waals surface area contributed by atoms with Gasteiger partial charge in [-0.2, -0.15) is 0 Å². The molecule has 0 spiro atoms. The van der Waals surface area contributed by atoms with Crippen LogP contribution in [0.15, 0.2) is 72.8 Å². The number of fused-ring (bicyclic) bond motifs is 1. The van der Waals surface area contributed by atoms with Gasteiger partial charge in [-0.05, 0) is 43.2 Å². The van der Waals surface area contributed by atoms with Crippen LogP contribution in [0.5, 0.6) is 5.75 Å². The van der Waals surface area contributed by atoms with E-state index >= 15 is 0 Å². The topological polar surface area (TPSA) is 67.4 Å². The monoisotopic (exact) mass is 372 g/mol. The number of carbonyl (C=O) groups excluding carboxylic acids is 2. The first kappa shape index (κ1) is 17.8. The van der Waals surface area contributed by atoms with Crippen LogP contribution in [-0.4, -0.2) is 17.4 Å². The van der Waals surface area contributed by atoms with E-state index in [4.69, 9.17) is 4.74 Å². The van der Waals surface area contributed by atoms with Gasteiger partial charge in [-0.25, -0.2) is 0 Å². The van der Waals surface area contributed by atoms with Gasteiger partial charge in [0.25, 0.3) is 17.4 Å². The molecule has 0 saturated carbocycles. The minimum Gasteiger partial charge on any atom is -0.466 e. The molecule has 2 amide bonds. The lowest BCUT2D eigenvalue weighted by atomic mass is 9.99. The number of carbonyl (C=O) groups is 2. The molecule has 0 saturated heterocycles. The predicted octanol–water partition coefficient (Wildman–Crippen LogP) is 4.39. The molecule has 0 aromatic heterocycles. The predicted molar refractivity (Wildman–Crippen MR) is 109 cm³/mol. The Morgan fingerprint density at radius 2 is 1.71 bits per heavy atom. The number of para-hydroxylation sites is 1. The van der Waals surface area contributed by atoms with E-state index in [2.05, 4.69) is 10.6 Å². The van der Waals surface area contributed by atoms with Crippen LogP contribution in [-0.2, 0) is 9.59 Å². The highest BCUT2D eigenvalue weighted by Crippen LogP contribution is 2.35. The zero-order valence-electron chi connectivity index (χ0n) is 15.7. The fourth-order valence-corrected chi connectivity index (χ4v) is 3.19. The van der Waals surface area contributed by atoms with E-state index < -0.39 is 17.4 Å². The zero-order chi connectivity index (χ0) is 19.7. The van der Waals surface area contributed by atoms with Gasteiger partial charge < -0.3 is 15.4 Å². The van der Waals surface area contributed by atoms with Crippen molar-refractivity contribution in [1.82, 2.24) is 0 Å². The van der Waals surface area contributed by atoms with E-state index in [1.165, 1.54) is 6.92 Å². The highest BCUT2D eigenvalue weighted by atomic mass is 16.5. The number of aryl methyl sites for hydroxylation is 1. The van der Waals surface area contributed by atoms with Gasteiger partial charge in [-0.1, -0.05) is 54.6 Å². The van der Waals surface area contributed by atoms with E-state index in [-0.39, 0.29) is 0 Å². The molecule has 28 heavy (non-hydrogen) atoms. The van der Waals surface area contributed by atoms with Crippen LogP contribution in [0.25, 0.3) is 11.1 Å². The summed E-state index contributed by atoms with van der Waals surface area (Å²) in [6, 6.07) is 22.7. The number of nitrogens with one attached hydrogen (secondary N) is 2. The molecule has 0 fully saturated rings. The summed E-state index contributed by atoms with van der Waals surface area (Å²) in [6.07, 6.45) is 0. The maximum atomic E-state index is 13.1. The van der Waals surface area contributed by atoms with Crippen molar-refractivity contribution in [2.24, 2.45) is 0 Å². The summed E-state index contributed by atoms with van der Waals surface area (Å²) in [5, 5.41) is 5.65. The molecule has 0 aliphatic carbocycles. The molecule has 1 aliphatic heterocycles. The fourth-order valence-electron chi connectivity index (χ4n) is 3.19. The number of amides is 2. The standard InChI is InChI=1S/C23H20N2O3/c1-15-12-13-20-19(14-15)25-22(27)23(2,28-20)21(26)24-18-11-7-6-10-17(18)16-8-4-3-5-9-16/h3-14H,1-2H3,(H,24,26)(H,25,27). The van der Waals surface area contributed by atoms with Gasteiger partial charge in [0.05, 0.1) is 5.69 Å². The van der Waals surface area contributed by atoms with Gasteiger partial charge in [0.2, 0.25) is 0 Å². The van der Waals surface area contributed by atoms with Crippen molar-refractivity contribution in [3.8, 4) is 16.9 Å². The van der Waals surface area contributed by atoms with Crippen LogP contribution in [0, 0.1) is 6.92 Å². The second-order valence-electron chi connectivity index (χ2n) is 6.95. The second kappa shape index (κ2) is 6.85. The molecule has 140 valence electrons. The maximum Gasteiger partial charge on any atom is 0.278 e. The van der Waals surface area contributed by atoms with Crippen LogP contribution in [0.2, 0.25) is 0 Å². The van der Waals surface area contributed by atoms with Gasteiger partial charge in [-0.3, -0.25) is 9.59 Å². The molecular formula is C23H20N2O3. The first-order valence-electron chi connectivity index (χ1n) is 9.04. The first-order valence-corrected chi connectivity index (χ1v) is 9.04.